The minimum absolute atomic E-state index is 0.159. The Hall–Kier alpha value is -2.39. The maximum absolute atomic E-state index is 13.2. The zero-order valence-corrected chi connectivity index (χ0v) is 19.1. The fourth-order valence-electron chi connectivity index (χ4n) is 4.51. The van der Waals surface area contributed by atoms with Gasteiger partial charge in [-0.05, 0) is 67.9 Å². The molecule has 0 aromatic heterocycles. The molecule has 160 valence electrons. The molecule has 2 aromatic rings. The third-order valence-corrected chi connectivity index (χ3v) is 6.47. The number of esters is 1. The van der Waals surface area contributed by atoms with E-state index < -0.39 is 5.60 Å². The first-order valence-corrected chi connectivity index (χ1v) is 10.8. The van der Waals surface area contributed by atoms with Crippen molar-refractivity contribution in [2.75, 3.05) is 7.11 Å². The quantitative estimate of drug-likeness (QED) is 0.500. The van der Waals surface area contributed by atoms with Crippen molar-refractivity contribution in [3.05, 3.63) is 71.3 Å². The summed E-state index contributed by atoms with van der Waals surface area (Å²) in [5.74, 6) is -0.382. The lowest BCUT2D eigenvalue weighted by Crippen LogP contribution is -2.38. The summed E-state index contributed by atoms with van der Waals surface area (Å²) in [7, 11) is 1.56. The molecule has 0 spiro atoms. The average molecular weight is 407 g/mol. The van der Waals surface area contributed by atoms with Gasteiger partial charge in [0.1, 0.15) is 6.10 Å². The van der Waals surface area contributed by atoms with Gasteiger partial charge in [0.25, 0.3) is 0 Å². The molecule has 2 aromatic carbocycles. The summed E-state index contributed by atoms with van der Waals surface area (Å²) in [6.45, 7) is 10.5. The summed E-state index contributed by atoms with van der Waals surface area (Å²) in [5.41, 5.74) is 2.59. The summed E-state index contributed by atoms with van der Waals surface area (Å²) >= 11 is 0. The fraction of sp³-hybridized carbons (Fsp3) is 0.444. The summed E-state index contributed by atoms with van der Waals surface area (Å²) < 4.78 is 11.6. The van der Waals surface area contributed by atoms with E-state index in [9.17, 15) is 4.79 Å². The van der Waals surface area contributed by atoms with Gasteiger partial charge < -0.3 is 9.47 Å². The number of carbonyl (C=O) groups is 1. The van der Waals surface area contributed by atoms with Crippen molar-refractivity contribution < 1.29 is 14.3 Å². The first kappa shape index (κ1) is 22.3. The van der Waals surface area contributed by atoms with Crippen molar-refractivity contribution in [3.63, 3.8) is 0 Å². The minimum Gasteiger partial charge on any atom is -0.456 e. The smallest absolute Gasteiger partial charge is 0.343 e. The Morgan fingerprint density at radius 3 is 2.57 bits per heavy atom. The van der Waals surface area contributed by atoms with Crippen molar-refractivity contribution >= 4 is 16.7 Å². The predicted octanol–water partition coefficient (Wildman–Crippen LogP) is 6.72. The molecule has 0 fully saturated rings. The lowest BCUT2D eigenvalue weighted by atomic mass is 9.72. The van der Waals surface area contributed by atoms with Gasteiger partial charge in [-0.1, -0.05) is 68.0 Å². The highest BCUT2D eigenvalue weighted by molar-refractivity contribution is 5.92. The van der Waals surface area contributed by atoms with Crippen molar-refractivity contribution in [2.24, 2.45) is 5.41 Å². The van der Waals surface area contributed by atoms with Crippen molar-refractivity contribution in [2.45, 2.75) is 65.6 Å². The van der Waals surface area contributed by atoms with Gasteiger partial charge >= 0.3 is 5.97 Å². The first-order valence-electron chi connectivity index (χ1n) is 10.8. The number of hydrogen-bond donors (Lipinski definition) is 0. The zero-order chi connectivity index (χ0) is 21.9. The topological polar surface area (TPSA) is 35.5 Å². The lowest BCUT2D eigenvalue weighted by Gasteiger charge is -2.33. The van der Waals surface area contributed by atoms with Gasteiger partial charge in [0.2, 0.25) is 0 Å². The van der Waals surface area contributed by atoms with Gasteiger partial charge in [-0.3, -0.25) is 0 Å². The molecule has 2 atom stereocenters. The normalized spacial score (nSPS) is 19.7. The Bertz CT molecular complexity index is 977. The largest absolute Gasteiger partial charge is 0.456 e. The number of carbonyl (C=O) groups excluding carboxylic acids is 1. The van der Waals surface area contributed by atoms with Crippen LogP contribution in [0.1, 0.15) is 59.4 Å². The van der Waals surface area contributed by atoms with Crippen molar-refractivity contribution in [1.82, 2.24) is 0 Å². The number of rotatable bonds is 6. The highest BCUT2D eigenvalue weighted by Crippen LogP contribution is 2.41. The van der Waals surface area contributed by atoms with E-state index >= 15 is 0 Å². The van der Waals surface area contributed by atoms with Crippen LogP contribution in [0.4, 0.5) is 0 Å². The Kier molecular flexibility index (Phi) is 6.52. The van der Waals surface area contributed by atoms with E-state index in [1.165, 1.54) is 24.0 Å². The van der Waals surface area contributed by atoms with Crippen molar-refractivity contribution in [1.29, 1.82) is 0 Å². The monoisotopic (exact) mass is 406 g/mol. The molecule has 1 aliphatic carbocycles. The second kappa shape index (κ2) is 8.77. The molecule has 3 rings (SSSR count). The predicted molar refractivity (Wildman–Crippen MR) is 123 cm³/mol. The van der Waals surface area contributed by atoms with Crippen LogP contribution in [0, 0.1) is 5.41 Å². The SMILES string of the molecule is CO[C@](C)(C(=O)O[C@H](C)/C=C/C1=C(C)CCCC1(C)C)c1cccc2ccccc12. The van der Waals surface area contributed by atoms with Crippen LogP contribution in [0.3, 0.4) is 0 Å². The molecule has 0 aliphatic heterocycles. The summed E-state index contributed by atoms with van der Waals surface area (Å²) in [6.07, 6.45) is 7.34. The van der Waals surface area contributed by atoms with Crippen LogP contribution in [-0.4, -0.2) is 19.2 Å². The Balaban J connectivity index is 1.82. The van der Waals surface area contributed by atoms with Gasteiger partial charge in [-0.2, -0.15) is 0 Å². The van der Waals surface area contributed by atoms with Crippen molar-refractivity contribution in [3.8, 4) is 0 Å². The standard InChI is InChI=1S/C27H34O3/c1-19-11-10-18-26(3,4)23(19)17-16-20(2)30-25(28)27(5,29-6)24-15-9-13-21-12-7-8-14-22(21)24/h7-9,12-17,20H,10-11,18H2,1-6H3/b17-16+/t20-,27+/m1/s1. The third kappa shape index (κ3) is 4.37. The minimum atomic E-state index is -1.18. The molecule has 0 radical (unpaired) electrons. The second-order valence-corrected chi connectivity index (χ2v) is 9.17. The molecule has 0 saturated carbocycles. The van der Waals surface area contributed by atoms with Crippen LogP contribution in [0.2, 0.25) is 0 Å². The number of allylic oxidation sites excluding steroid dienone is 3. The zero-order valence-electron chi connectivity index (χ0n) is 19.1. The molecule has 0 unspecified atom stereocenters. The molecule has 1 aliphatic rings. The van der Waals surface area contributed by atoms with Gasteiger partial charge in [0.05, 0.1) is 0 Å². The molecule has 0 saturated heterocycles. The van der Waals surface area contributed by atoms with Crippen LogP contribution in [0.5, 0.6) is 0 Å². The number of hydrogen-bond acceptors (Lipinski definition) is 3. The van der Waals surface area contributed by atoms with E-state index in [1.54, 1.807) is 14.0 Å². The van der Waals surface area contributed by atoms with Crippen LogP contribution < -0.4 is 0 Å². The van der Waals surface area contributed by atoms with E-state index in [-0.39, 0.29) is 17.5 Å². The highest BCUT2D eigenvalue weighted by Gasteiger charge is 2.39. The van der Waals surface area contributed by atoms with Gasteiger partial charge in [-0.15, -0.1) is 0 Å². The van der Waals surface area contributed by atoms with Crippen LogP contribution in [-0.2, 0) is 19.9 Å². The molecule has 30 heavy (non-hydrogen) atoms. The second-order valence-electron chi connectivity index (χ2n) is 9.17. The summed E-state index contributed by atoms with van der Waals surface area (Å²) in [5, 5.41) is 2.06. The number of methoxy groups -OCH3 is 1. The Morgan fingerprint density at radius 1 is 1.17 bits per heavy atom. The Morgan fingerprint density at radius 2 is 1.87 bits per heavy atom. The van der Waals surface area contributed by atoms with Gasteiger partial charge in [-0.25, -0.2) is 4.79 Å². The van der Waals surface area contributed by atoms with E-state index in [1.807, 2.05) is 55.5 Å². The Labute approximate surface area is 180 Å². The molecule has 0 heterocycles. The molecule has 0 bridgehead atoms. The molecule has 3 nitrogen and oxygen atoms in total. The average Bonchev–Trinajstić information content (AvgIpc) is 2.71. The van der Waals surface area contributed by atoms with Crippen LogP contribution in [0.15, 0.2) is 65.8 Å². The van der Waals surface area contributed by atoms with E-state index in [4.69, 9.17) is 9.47 Å². The first-order chi connectivity index (χ1) is 14.2. The maximum Gasteiger partial charge on any atom is 0.343 e. The van der Waals surface area contributed by atoms with Crippen LogP contribution >= 0.6 is 0 Å². The van der Waals surface area contributed by atoms with E-state index in [0.29, 0.717) is 0 Å². The van der Waals surface area contributed by atoms with E-state index in [2.05, 4.69) is 26.8 Å². The molecule has 0 amide bonds. The van der Waals surface area contributed by atoms with Gasteiger partial charge in [0, 0.05) is 12.7 Å². The van der Waals surface area contributed by atoms with Gasteiger partial charge in [0.15, 0.2) is 5.60 Å². The molecule has 3 heteroatoms. The molecule has 0 N–H and O–H groups in total. The lowest BCUT2D eigenvalue weighted by molar-refractivity contribution is -0.171. The maximum atomic E-state index is 13.2. The summed E-state index contributed by atoms with van der Waals surface area (Å²) in [6, 6.07) is 13.9. The van der Waals surface area contributed by atoms with Crippen LogP contribution in [0.25, 0.3) is 10.8 Å². The molecular formula is C27H34O3. The summed E-state index contributed by atoms with van der Waals surface area (Å²) in [4.78, 5) is 13.2. The molecular weight excluding hydrogens is 372 g/mol. The number of ether oxygens (including phenoxy) is 2. The fourth-order valence-corrected chi connectivity index (χ4v) is 4.51. The number of fused-ring (bicyclic) bond motifs is 1. The number of benzene rings is 2. The highest BCUT2D eigenvalue weighted by atomic mass is 16.6. The third-order valence-electron chi connectivity index (χ3n) is 6.47. The van der Waals surface area contributed by atoms with E-state index in [0.717, 1.165) is 22.8 Å².